The molecule has 0 spiro atoms. The van der Waals surface area contributed by atoms with E-state index in [-0.39, 0.29) is 5.91 Å². The number of hydrogen-bond donors (Lipinski definition) is 2. The highest BCUT2D eigenvalue weighted by atomic mass is 16.1. The van der Waals surface area contributed by atoms with Crippen LogP contribution in [0, 0.1) is 0 Å². The Balaban J connectivity index is 1.60. The second-order valence-corrected chi connectivity index (χ2v) is 6.17. The maximum atomic E-state index is 12.3. The first kappa shape index (κ1) is 14.7. The van der Waals surface area contributed by atoms with Crippen molar-refractivity contribution in [3.05, 3.63) is 53.5 Å². The zero-order valence-corrected chi connectivity index (χ0v) is 13.5. The number of aromatic nitrogens is 4. The van der Waals surface area contributed by atoms with Gasteiger partial charge in [0.25, 0.3) is 5.91 Å². The number of aromatic amines is 1. The number of carbonyl (C=O) groups is 1. The van der Waals surface area contributed by atoms with Crippen LogP contribution in [0.3, 0.4) is 0 Å². The SMILES string of the molecule is Cn1cc(C(=O)Nc2cccc(-c3n[nH]c4c3CCCC4)c2)cn1. The molecule has 24 heavy (non-hydrogen) atoms. The lowest BCUT2D eigenvalue weighted by Crippen LogP contribution is -2.11. The van der Waals surface area contributed by atoms with Crippen LogP contribution in [0.1, 0.15) is 34.5 Å². The standard InChI is InChI=1S/C18H19N5O/c1-23-11-13(10-19-23)18(24)20-14-6-4-5-12(9-14)17-15-7-2-3-8-16(15)21-22-17/h4-6,9-11H,2-3,7-8H2,1H3,(H,20,24)(H,21,22). The summed E-state index contributed by atoms with van der Waals surface area (Å²) in [6.45, 7) is 0. The van der Waals surface area contributed by atoms with Gasteiger partial charge in [-0.1, -0.05) is 12.1 Å². The summed E-state index contributed by atoms with van der Waals surface area (Å²) < 4.78 is 1.61. The van der Waals surface area contributed by atoms with Gasteiger partial charge in [0.05, 0.1) is 17.5 Å². The van der Waals surface area contributed by atoms with Crippen LogP contribution in [-0.4, -0.2) is 25.9 Å². The third-order valence-electron chi connectivity index (χ3n) is 4.42. The largest absolute Gasteiger partial charge is 0.322 e. The number of H-pyrrole nitrogens is 1. The smallest absolute Gasteiger partial charge is 0.258 e. The van der Waals surface area contributed by atoms with Crippen molar-refractivity contribution < 1.29 is 4.79 Å². The van der Waals surface area contributed by atoms with Crippen molar-refractivity contribution in [1.29, 1.82) is 0 Å². The Kier molecular flexibility index (Phi) is 3.65. The molecule has 0 atom stereocenters. The molecule has 1 aliphatic rings. The van der Waals surface area contributed by atoms with Gasteiger partial charge < -0.3 is 5.32 Å². The van der Waals surface area contributed by atoms with Gasteiger partial charge in [-0.2, -0.15) is 10.2 Å². The fourth-order valence-corrected chi connectivity index (χ4v) is 3.21. The van der Waals surface area contributed by atoms with E-state index in [4.69, 9.17) is 0 Å². The molecule has 0 saturated heterocycles. The first-order valence-corrected chi connectivity index (χ1v) is 8.17. The second-order valence-electron chi connectivity index (χ2n) is 6.17. The molecule has 2 aromatic heterocycles. The van der Waals surface area contributed by atoms with E-state index in [1.54, 1.807) is 24.1 Å². The van der Waals surface area contributed by atoms with E-state index in [0.717, 1.165) is 29.8 Å². The van der Waals surface area contributed by atoms with Crippen LogP contribution in [-0.2, 0) is 19.9 Å². The Labute approximate surface area is 139 Å². The Morgan fingerprint density at radius 1 is 1.29 bits per heavy atom. The fraction of sp³-hybridized carbons (Fsp3) is 0.278. The number of hydrogen-bond acceptors (Lipinski definition) is 3. The number of anilines is 1. The maximum Gasteiger partial charge on any atom is 0.258 e. The number of rotatable bonds is 3. The van der Waals surface area contributed by atoms with Crippen LogP contribution in [0.4, 0.5) is 5.69 Å². The molecule has 1 amide bonds. The monoisotopic (exact) mass is 321 g/mol. The van der Waals surface area contributed by atoms with E-state index in [1.165, 1.54) is 24.1 Å². The Morgan fingerprint density at radius 3 is 3.00 bits per heavy atom. The van der Waals surface area contributed by atoms with Gasteiger partial charge in [0.1, 0.15) is 0 Å². The Hall–Kier alpha value is -2.89. The van der Waals surface area contributed by atoms with Gasteiger partial charge in [-0.05, 0) is 37.8 Å². The molecule has 0 radical (unpaired) electrons. The van der Waals surface area contributed by atoms with Gasteiger partial charge in [-0.15, -0.1) is 0 Å². The number of nitrogens with one attached hydrogen (secondary N) is 2. The maximum absolute atomic E-state index is 12.3. The zero-order chi connectivity index (χ0) is 16.5. The highest BCUT2D eigenvalue weighted by Crippen LogP contribution is 2.30. The van der Waals surface area contributed by atoms with Gasteiger partial charge in [0.15, 0.2) is 0 Å². The summed E-state index contributed by atoms with van der Waals surface area (Å²) in [6, 6.07) is 7.83. The van der Waals surface area contributed by atoms with Crippen LogP contribution in [0.5, 0.6) is 0 Å². The number of aryl methyl sites for hydroxylation is 2. The molecule has 4 rings (SSSR count). The molecule has 3 aromatic rings. The summed E-state index contributed by atoms with van der Waals surface area (Å²) in [5, 5.41) is 14.6. The van der Waals surface area contributed by atoms with E-state index in [2.05, 4.69) is 20.6 Å². The van der Waals surface area contributed by atoms with E-state index in [9.17, 15) is 4.79 Å². The molecule has 122 valence electrons. The van der Waals surface area contributed by atoms with Crippen LogP contribution >= 0.6 is 0 Å². The van der Waals surface area contributed by atoms with E-state index >= 15 is 0 Å². The van der Waals surface area contributed by atoms with Crippen LogP contribution in [0.25, 0.3) is 11.3 Å². The number of nitrogens with zero attached hydrogens (tertiary/aromatic N) is 3. The van der Waals surface area contributed by atoms with Crippen molar-refractivity contribution in [2.75, 3.05) is 5.32 Å². The molecule has 1 aliphatic carbocycles. The zero-order valence-electron chi connectivity index (χ0n) is 13.5. The molecule has 0 bridgehead atoms. The van der Waals surface area contributed by atoms with Gasteiger partial charge in [0.2, 0.25) is 0 Å². The van der Waals surface area contributed by atoms with Gasteiger partial charge in [-0.25, -0.2) is 0 Å². The molecular weight excluding hydrogens is 302 g/mol. The van der Waals surface area contributed by atoms with Crippen LogP contribution in [0.2, 0.25) is 0 Å². The minimum Gasteiger partial charge on any atom is -0.322 e. The van der Waals surface area contributed by atoms with E-state index in [1.807, 2.05) is 24.3 Å². The number of fused-ring (bicyclic) bond motifs is 1. The predicted octanol–water partition coefficient (Wildman–Crippen LogP) is 2.94. The van der Waals surface area contributed by atoms with Crippen molar-refractivity contribution in [1.82, 2.24) is 20.0 Å². The minimum absolute atomic E-state index is 0.163. The summed E-state index contributed by atoms with van der Waals surface area (Å²) in [5.41, 5.74) is 5.90. The second kappa shape index (κ2) is 5.96. The van der Waals surface area contributed by atoms with Crippen molar-refractivity contribution in [3.8, 4) is 11.3 Å². The molecule has 2 N–H and O–H groups in total. The van der Waals surface area contributed by atoms with Gasteiger partial charge in [-0.3, -0.25) is 14.6 Å². The summed E-state index contributed by atoms with van der Waals surface area (Å²) >= 11 is 0. The average Bonchev–Trinajstić information content (AvgIpc) is 3.21. The first-order chi connectivity index (χ1) is 11.7. The van der Waals surface area contributed by atoms with Crippen molar-refractivity contribution in [2.24, 2.45) is 7.05 Å². The average molecular weight is 321 g/mol. The summed E-state index contributed by atoms with van der Waals surface area (Å²) in [5.74, 6) is -0.163. The third-order valence-corrected chi connectivity index (χ3v) is 4.42. The Bertz CT molecular complexity index is 892. The summed E-state index contributed by atoms with van der Waals surface area (Å²) in [6.07, 6.45) is 7.81. The predicted molar refractivity (Wildman–Crippen MR) is 91.8 cm³/mol. The molecule has 0 fully saturated rings. The van der Waals surface area contributed by atoms with Crippen molar-refractivity contribution >= 4 is 11.6 Å². The highest BCUT2D eigenvalue weighted by Gasteiger charge is 2.18. The summed E-state index contributed by atoms with van der Waals surface area (Å²) in [4.78, 5) is 12.3. The van der Waals surface area contributed by atoms with E-state index < -0.39 is 0 Å². The number of carbonyl (C=O) groups excluding carboxylic acids is 1. The van der Waals surface area contributed by atoms with Crippen LogP contribution in [0.15, 0.2) is 36.7 Å². The van der Waals surface area contributed by atoms with Crippen molar-refractivity contribution in [3.63, 3.8) is 0 Å². The van der Waals surface area contributed by atoms with Gasteiger partial charge >= 0.3 is 0 Å². The van der Waals surface area contributed by atoms with Crippen molar-refractivity contribution in [2.45, 2.75) is 25.7 Å². The molecule has 0 aliphatic heterocycles. The minimum atomic E-state index is -0.163. The summed E-state index contributed by atoms with van der Waals surface area (Å²) in [7, 11) is 1.79. The fourth-order valence-electron chi connectivity index (χ4n) is 3.21. The normalized spacial score (nSPS) is 13.5. The number of benzene rings is 1. The molecule has 6 nitrogen and oxygen atoms in total. The molecule has 6 heteroatoms. The molecular formula is C18H19N5O. The first-order valence-electron chi connectivity index (χ1n) is 8.17. The molecule has 1 aromatic carbocycles. The number of amides is 1. The third kappa shape index (κ3) is 2.71. The molecule has 0 saturated carbocycles. The topological polar surface area (TPSA) is 75.6 Å². The Morgan fingerprint density at radius 2 is 2.17 bits per heavy atom. The van der Waals surface area contributed by atoms with Gasteiger partial charge in [0, 0.05) is 35.8 Å². The lowest BCUT2D eigenvalue weighted by atomic mass is 9.93. The lowest BCUT2D eigenvalue weighted by molar-refractivity contribution is 0.102. The van der Waals surface area contributed by atoms with E-state index in [0.29, 0.717) is 5.56 Å². The van der Waals surface area contributed by atoms with Crippen LogP contribution < -0.4 is 5.32 Å². The quantitative estimate of drug-likeness (QED) is 0.779. The molecule has 0 unspecified atom stereocenters. The molecule has 2 heterocycles. The lowest BCUT2D eigenvalue weighted by Gasteiger charge is -2.11. The highest BCUT2D eigenvalue weighted by molar-refractivity contribution is 6.04.